The molecule has 2 heterocycles. The van der Waals surface area contributed by atoms with Crippen LogP contribution in [0.15, 0.2) is 53.4 Å². The number of rotatable bonds is 4. The van der Waals surface area contributed by atoms with Gasteiger partial charge in [-0.25, -0.2) is 13.2 Å². The van der Waals surface area contributed by atoms with Gasteiger partial charge in [0, 0.05) is 24.1 Å². The van der Waals surface area contributed by atoms with Crippen LogP contribution in [0.1, 0.15) is 21.6 Å². The number of amides is 3. The standard InChI is InChI=1S/C22H20N6O4S/c1-33(31,32)17-8-4-15(5-9-17)20-19(21(24)29)18-13-27(10-11-28(18)26-20)22(30)25-16-6-2-14(12-23)3-7-16/h2-9H,10-11,13H2,1H3,(H2,24,29)(H,25,30). The minimum Gasteiger partial charge on any atom is -0.365 e. The number of sulfone groups is 1. The van der Waals surface area contributed by atoms with E-state index < -0.39 is 15.7 Å². The lowest BCUT2D eigenvalue weighted by Gasteiger charge is -2.28. The first-order valence-corrected chi connectivity index (χ1v) is 11.8. The molecule has 0 fully saturated rings. The third-order valence-electron chi connectivity index (χ3n) is 5.33. The maximum atomic E-state index is 12.8. The van der Waals surface area contributed by atoms with Gasteiger partial charge in [-0.1, -0.05) is 12.1 Å². The van der Waals surface area contributed by atoms with E-state index >= 15 is 0 Å². The van der Waals surface area contributed by atoms with Gasteiger partial charge in [-0.2, -0.15) is 10.4 Å². The van der Waals surface area contributed by atoms with Crippen LogP contribution in [0, 0.1) is 11.3 Å². The first-order chi connectivity index (χ1) is 15.7. The van der Waals surface area contributed by atoms with Crippen LogP contribution in [0.25, 0.3) is 11.3 Å². The molecule has 3 aromatic rings. The number of hydrogen-bond acceptors (Lipinski definition) is 6. The summed E-state index contributed by atoms with van der Waals surface area (Å²) in [6.45, 7) is 0.841. The van der Waals surface area contributed by atoms with Crippen LogP contribution in [0.5, 0.6) is 0 Å². The highest BCUT2D eigenvalue weighted by Crippen LogP contribution is 2.29. The second-order valence-electron chi connectivity index (χ2n) is 7.60. The summed E-state index contributed by atoms with van der Waals surface area (Å²) in [6.07, 6.45) is 1.11. The van der Waals surface area contributed by atoms with Crippen LogP contribution in [0.3, 0.4) is 0 Å². The Morgan fingerprint density at radius 1 is 1.09 bits per heavy atom. The quantitative estimate of drug-likeness (QED) is 0.602. The van der Waals surface area contributed by atoms with Crippen molar-refractivity contribution in [2.75, 3.05) is 18.1 Å². The molecule has 33 heavy (non-hydrogen) atoms. The SMILES string of the molecule is CS(=O)(=O)c1ccc(-c2nn3c(c2C(N)=O)CN(C(=O)Nc2ccc(C#N)cc2)CC3)cc1. The van der Waals surface area contributed by atoms with E-state index in [1.807, 2.05) is 6.07 Å². The number of carbonyl (C=O) groups excluding carboxylic acids is 2. The molecule has 10 nitrogen and oxygen atoms in total. The fourth-order valence-corrected chi connectivity index (χ4v) is 4.27. The fraction of sp³-hybridized carbons (Fsp3) is 0.182. The molecule has 0 radical (unpaired) electrons. The van der Waals surface area contributed by atoms with Crippen LogP contribution in [0.2, 0.25) is 0 Å². The fourth-order valence-electron chi connectivity index (χ4n) is 3.64. The van der Waals surface area contributed by atoms with Gasteiger partial charge in [-0.3, -0.25) is 9.48 Å². The number of carbonyl (C=O) groups is 2. The minimum absolute atomic E-state index is 0.120. The molecule has 3 N–H and O–H groups in total. The second-order valence-corrected chi connectivity index (χ2v) is 9.61. The summed E-state index contributed by atoms with van der Waals surface area (Å²) in [5.74, 6) is -0.687. The van der Waals surface area contributed by atoms with E-state index in [2.05, 4.69) is 10.4 Å². The third kappa shape index (κ3) is 4.42. The van der Waals surface area contributed by atoms with E-state index in [9.17, 15) is 18.0 Å². The largest absolute Gasteiger partial charge is 0.365 e. The number of anilines is 1. The lowest BCUT2D eigenvalue weighted by molar-refractivity contribution is 0.0997. The van der Waals surface area contributed by atoms with E-state index in [1.165, 1.54) is 17.0 Å². The summed E-state index contributed by atoms with van der Waals surface area (Å²) >= 11 is 0. The maximum Gasteiger partial charge on any atom is 0.322 e. The van der Waals surface area contributed by atoms with Gasteiger partial charge in [0.1, 0.15) is 5.69 Å². The van der Waals surface area contributed by atoms with Gasteiger partial charge in [-0.05, 0) is 36.4 Å². The monoisotopic (exact) mass is 464 g/mol. The summed E-state index contributed by atoms with van der Waals surface area (Å²) in [4.78, 5) is 26.8. The van der Waals surface area contributed by atoms with Gasteiger partial charge in [0.2, 0.25) is 0 Å². The molecule has 0 unspecified atom stereocenters. The van der Waals surface area contributed by atoms with Crippen molar-refractivity contribution in [2.45, 2.75) is 18.0 Å². The second kappa shape index (κ2) is 8.40. The summed E-state index contributed by atoms with van der Waals surface area (Å²) < 4.78 is 25.1. The molecule has 11 heteroatoms. The lowest BCUT2D eigenvalue weighted by atomic mass is 10.0. The summed E-state index contributed by atoms with van der Waals surface area (Å²) in [5, 5.41) is 16.2. The Labute approximate surface area is 190 Å². The number of nitrogens with zero attached hydrogens (tertiary/aromatic N) is 4. The van der Waals surface area contributed by atoms with E-state index in [1.54, 1.807) is 41.1 Å². The van der Waals surface area contributed by atoms with E-state index in [0.29, 0.717) is 41.3 Å². The van der Waals surface area contributed by atoms with Crippen molar-refractivity contribution in [1.82, 2.24) is 14.7 Å². The van der Waals surface area contributed by atoms with Crippen molar-refractivity contribution >= 4 is 27.5 Å². The van der Waals surface area contributed by atoms with Crippen molar-refractivity contribution in [3.63, 3.8) is 0 Å². The number of primary amides is 1. The van der Waals surface area contributed by atoms with E-state index in [-0.39, 0.29) is 23.0 Å². The number of nitrogens with one attached hydrogen (secondary N) is 1. The van der Waals surface area contributed by atoms with E-state index in [4.69, 9.17) is 11.0 Å². The van der Waals surface area contributed by atoms with Gasteiger partial charge in [0.25, 0.3) is 5.91 Å². The Balaban J connectivity index is 1.60. The van der Waals surface area contributed by atoms with Crippen molar-refractivity contribution < 1.29 is 18.0 Å². The van der Waals surface area contributed by atoms with Gasteiger partial charge in [0.15, 0.2) is 9.84 Å². The normalized spacial score (nSPS) is 13.2. The van der Waals surface area contributed by atoms with Crippen LogP contribution in [-0.4, -0.2) is 47.8 Å². The highest BCUT2D eigenvalue weighted by molar-refractivity contribution is 7.90. The summed E-state index contributed by atoms with van der Waals surface area (Å²) in [5.41, 5.74) is 8.27. The molecule has 1 aliphatic heterocycles. The van der Waals surface area contributed by atoms with Crippen molar-refractivity contribution in [1.29, 1.82) is 5.26 Å². The minimum atomic E-state index is -3.36. The van der Waals surface area contributed by atoms with Gasteiger partial charge in [0.05, 0.1) is 40.9 Å². The molecule has 168 valence electrons. The topological polar surface area (TPSA) is 151 Å². The molecule has 1 aliphatic rings. The zero-order chi connectivity index (χ0) is 23.8. The Morgan fingerprint density at radius 2 is 1.76 bits per heavy atom. The smallest absolute Gasteiger partial charge is 0.322 e. The third-order valence-corrected chi connectivity index (χ3v) is 6.46. The molecule has 0 spiro atoms. The van der Waals surface area contributed by atoms with Gasteiger partial charge >= 0.3 is 6.03 Å². The number of aromatic nitrogens is 2. The highest BCUT2D eigenvalue weighted by Gasteiger charge is 2.29. The molecule has 3 amide bonds. The first-order valence-electron chi connectivity index (χ1n) is 9.93. The Morgan fingerprint density at radius 3 is 2.33 bits per heavy atom. The molecule has 0 saturated carbocycles. The molecule has 2 aromatic carbocycles. The predicted molar refractivity (Wildman–Crippen MR) is 120 cm³/mol. The number of fused-ring (bicyclic) bond motifs is 1. The Hall–Kier alpha value is -4.17. The molecule has 0 aliphatic carbocycles. The van der Waals surface area contributed by atoms with Crippen LogP contribution >= 0.6 is 0 Å². The Kier molecular flexibility index (Phi) is 5.61. The van der Waals surface area contributed by atoms with Crippen molar-refractivity contribution in [3.8, 4) is 17.3 Å². The van der Waals surface area contributed by atoms with E-state index in [0.717, 1.165) is 6.26 Å². The van der Waals surface area contributed by atoms with Crippen LogP contribution < -0.4 is 11.1 Å². The molecular weight excluding hydrogens is 444 g/mol. The van der Waals surface area contributed by atoms with Crippen molar-refractivity contribution in [2.24, 2.45) is 5.73 Å². The maximum absolute atomic E-state index is 12.8. The average molecular weight is 465 g/mol. The molecule has 4 rings (SSSR count). The zero-order valence-corrected chi connectivity index (χ0v) is 18.5. The number of nitriles is 1. The lowest BCUT2D eigenvalue weighted by Crippen LogP contribution is -2.41. The predicted octanol–water partition coefficient (Wildman–Crippen LogP) is 1.97. The first kappa shape index (κ1) is 22.0. The highest BCUT2D eigenvalue weighted by atomic mass is 32.2. The molecule has 0 saturated heterocycles. The van der Waals surface area contributed by atoms with Crippen LogP contribution in [-0.2, 0) is 22.9 Å². The number of benzene rings is 2. The average Bonchev–Trinajstić information content (AvgIpc) is 3.18. The Bertz CT molecular complexity index is 1390. The zero-order valence-electron chi connectivity index (χ0n) is 17.6. The number of hydrogen-bond donors (Lipinski definition) is 2. The van der Waals surface area contributed by atoms with Crippen LogP contribution in [0.4, 0.5) is 10.5 Å². The molecular formula is C22H20N6O4S. The summed E-state index contributed by atoms with van der Waals surface area (Å²) in [7, 11) is -3.36. The molecule has 0 bridgehead atoms. The van der Waals surface area contributed by atoms with Gasteiger partial charge < -0.3 is 16.0 Å². The molecule has 1 aromatic heterocycles. The molecule has 0 atom stereocenters. The number of nitrogens with two attached hydrogens (primary N) is 1. The van der Waals surface area contributed by atoms with Gasteiger partial charge in [-0.15, -0.1) is 0 Å². The van der Waals surface area contributed by atoms with Crippen molar-refractivity contribution in [3.05, 3.63) is 65.4 Å². The summed E-state index contributed by atoms with van der Waals surface area (Å²) in [6, 6.07) is 14.2. The number of urea groups is 1.